The van der Waals surface area contributed by atoms with Crippen LogP contribution in [-0.2, 0) is 0 Å². The van der Waals surface area contributed by atoms with Crippen LogP contribution in [0.15, 0.2) is 0 Å². The van der Waals surface area contributed by atoms with Gasteiger partial charge in [-0.2, -0.15) is 0 Å². The molecule has 0 spiro atoms. The van der Waals surface area contributed by atoms with E-state index in [1.54, 1.807) is 0 Å². The highest BCUT2D eigenvalue weighted by Crippen LogP contribution is 2.45. The summed E-state index contributed by atoms with van der Waals surface area (Å²) in [4.78, 5) is 0. The van der Waals surface area contributed by atoms with Crippen molar-refractivity contribution in [1.82, 2.24) is 0 Å². The summed E-state index contributed by atoms with van der Waals surface area (Å²) in [5.74, 6) is 1.54. The van der Waals surface area contributed by atoms with Crippen molar-refractivity contribution >= 4 is 0 Å². The van der Waals surface area contributed by atoms with Crippen molar-refractivity contribution in [1.29, 1.82) is 0 Å². The Morgan fingerprint density at radius 3 is 1.43 bits per heavy atom. The van der Waals surface area contributed by atoms with Crippen LogP contribution in [0.4, 0.5) is 0 Å². The van der Waals surface area contributed by atoms with Gasteiger partial charge in [0.2, 0.25) is 0 Å². The lowest BCUT2D eigenvalue weighted by Crippen LogP contribution is -2.34. The summed E-state index contributed by atoms with van der Waals surface area (Å²) in [6.45, 7) is 19.0. The maximum Gasteiger partial charge on any atom is -0.0275 e. The quantitative estimate of drug-likeness (QED) is 0.574. The van der Waals surface area contributed by atoms with Gasteiger partial charge in [0.15, 0.2) is 0 Å². The van der Waals surface area contributed by atoms with Crippen LogP contribution in [0.5, 0.6) is 0 Å². The van der Waals surface area contributed by atoms with Crippen molar-refractivity contribution in [3.8, 4) is 0 Å². The molecule has 0 fully saturated rings. The van der Waals surface area contributed by atoms with Gasteiger partial charge in [0.05, 0.1) is 0 Å². The number of hydrogen-bond donors (Lipinski definition) is 0. The van der Waals surface area contributed by atoms with Crippen molar-refractivity contribution in [3.05, 3.63) is 0 Å². The van der Waals surface area contributed by atoms with Gasteiger partial charge in [0.1, 0.15) is 0 Å². The Hall–Kier alpha value is 0. The minimum atomic E-state index is 0.486. The molecule has 0 nitrogen and oxygen atoms in total. The zero-order valence-electron chi connectivity index (χ0n) is 11.6. The Bertz CT molecular complexity index is 155. The molecule has 0 bridgehead atoms. The highest BCUT2D eigenvalue weighted by Gasteiger charge is 2.36. The first kappa shape index (κ1) is 14.0. The molecule has 0 radical (unpaired) electrons. The highest BCUT2D eigenvalue weighted by atomic mass is 14.4. The van der Waals surface area contributed by atoms with E-state index in [2.05, 4.69) is 55.4 Å². The topological polar surface area (TPSA) is 0 Å². The van der Waals surface area contributed by atoms with Crippen LogP contribution in [0.25, 0.3) is 0 Å². The van der Waals surface area contributed by atoms with Crippen molar-refractivity contribution < 1.29 is 0 Å². The molecule has 0 rings (SSSR count). The van der Waals surface area contributed by atoms with Crippen molar-refractivity contribution in [2.75, 3.05) is 0 Å². The molecule has 0 aliphatic carbocycles. The third-order valence-electron chi connectivity index (χ3n) is 4.45. The standard InChI is InChI=1S/C14H30/c1-9-13(6,7)10-14(8,11(2)3)12(4)5/h11-12H,9-10H2,1-8H3. The number of hydrogen-bond acceptors (Lipinski definition) is 0. The average Bonchev–Trinajstić information content (AvgIpc) is 2.03. The van der Waals surface area contributed by atoms with Crippen LogP contribution in [0, 0.1) is 22.7 Å². The molecule has 0 aromatic rings. The van der Waals surface area contributed by atoms with Crippen LogP contribution in [0.3, 0.4) is 0 Å². The van der Waals surface area contributed by atoms with Crippen LogP contribution in [-0.4, -0.2) is 0 Å². The van der Waals surface area contributed by atoms with Crippen molar-refractivity contribution in [2.45, 2.75) is 68.2 Å². The third-order valence-corrected chi connectivity index (χ3v) is 4.45. The molecule has 0 aliphatic rings. The second kappa shape index (κ2) is 4.68. The molecule has 0 heteroatoms. The van der Waals surface area contributed by atoms with E-state index in [0.29, 0.717) is 10.8 Å². The second-order valence-corrected chi connectivity index (χ2v) is 6.51. The van der Waals surface area contributed by atoms with Crippen molar-refractivity contribution in [3.63, 3.8) is 0 Å². The SMILES string of the molecule is CCC(C)(C)CC(C)(C(C)C)C(C)C. The summed E-state index contributed by atoms with van der Waals surface area (Å²) >= 11 is 0. The molecule has 14 heavy (non-hydrogen) atoms. The van der Waals surface area contributed by atoms with Gasteiger partial charge in [-0.25, -0.2) is 0 Å². The van der Waals surface area contributed by atoms with Gasteiger partial charge in [0, 0.05) is 0 Å². The van der Waals surface area contributed by atoms with Crippen LogP contribution in [0.1, 0.15) is 68.2 Å². The molecule has 0 unspecified atom stereocenters. The summed E-state index contributed by atoms with van der Waals surface area (Å²) in [5.41, 5.74) is 0.975. The molecule has 0 N–H and O–H groups in total. The molecule has 0 aliphatic heterocycles. The molecular weight excluding hydrogens is 168 g/mol. The highest BCUT2D eigenvalue weighted by molar-refractivity contribution is 4.86. The Kier molecular flexibility index (Phi) is 4.68. The van der Waals surface area contributed by atoms with Gasteiger partial charge in [-0.15, -0.1) is 0 Å². The fourth-order valence-corrected chi connectivity index (χ4v) is 2.23. The van der Waals surface area contributed by atoms with Gasteiger partial charge in [0.25, 0.3) is 0 Å². The first-order valence-corrected chi connectivity index (χ1v) is 6.15. The van der Waals surface area contributed by atoms with E-state index < -0.39 is 0 Å². The Balaban J connectivity index is 4.70. The maximum atomic E-state index is 2.46. The Labute approximate surface area is 91.5 Å². The molecule has 0 amide bonds. The van der Waals surface area contributed by atoms with E-state index in [-0.39, 0.29) is 0 Å². The largest absolute Gasteiger partial charge is 0.0649 e. The summed E-state index contributed by atoms with van der Waals surface area (Å²) in [6.07, 6.45) is 2.62. The average molecular weight is 198 g/mol. The van der Waals surface area contributed by atoms with Gasteiger partial charge in [-0.1, -0.05) is 61.8 Å². The molecule has 86 valence electrons. The first-order valence-electron chi connectivity index (χ1n) is 6.15. The first-order chi connectivity index (χ1) is 6.15. The van der Waals surface area contributed by atoms with E-state index in [0.717, 1.165) is 11.8 Å². The normalized spacial score (nSPS) is 14.1. The Morgan fingerprint density at radius 2 is 1.21 bits per heavy atom. The fourth-order valence-electron chi connectivity index (χ4n) is 2.23. The molecule has 0 aromatic carbocycles. The predicted octanol–water partition coefficient (Wildman–Crippen LogP) is 5.13. The van der Waals surface area contributed by atoms with E-state index in [9.17, 15) is 0 Å². The van der Waals surface area contributed by atoms with Gasteiger partial charge < -0.3 is 0 Å². The molecule has 0 saturated carbocycles. The predicted molar refractivity (Wildman–Crippen MR) is 66.5 cm³/mol. The van der Waals surface area contributed by atoms with Crippen LogP contribution < -0.4 is 0 Å². The molecule has 0 atom stereocenters. The summed E-state index contributed by atoms with van der Waals surface area (Å²) in [5, 5.41) is 0. The summed E-state index contributed by atoms with van der Waals surface area (Å²) in [6, 6.07) is 0. The smallest absolute Gasteiger partial charge is 0.0275 e. The van der Waals surface area contributed by atoms with Crippen LogP contribution in [0.2, 0.25) is 0 Å². The zero-order valence-corrected chi connectivity index (χ0v) is 11.6. The molecule has 0 heterocycles. The Morgan fingerprint density at radius 1 is 0.857 bits per heavy atom. The maximum absolute atomic E-state index is 2.46. The lowest BCUT2D eigenvalue weighted by atomic mass is 9.62. The lowest BCUT2D eigenvalue weighted by Gasteiger charge is -2.43. The van der Waals surface area contributed by atoms with E-state index in [1.807, 2.05) is 0 Å². The third kappa shape index (κ3) is 3.29. The minimum absolute atomic E-state index is 0.486. The van der Waals surface area contributed by atoms with E-state index in [4.69, 9.17) is 0 Å². The fraction of sp³-hybridized carbons (Fsp3) is 1.00. The van der Waals surface area contributed by atoms with Crippen LogP contribution >= 0.6 is 0 Å². The second-order valence-electron chi connectivity index (χ2n) is 6.51. The lowest BCUT2D eigenvalue weighted by molar-refractivity contribution is 0.0647. The summed E-state index contributed by atoms with van der Waals surface area (Å²) in [7, 11) is 0. The molecule has 0 saturated heterocycles. The van der Waals surface area contributed by atoms with Gasteiger partial charge in [-0.05, 0) is 29.1 Å². The minimum Gasteiger partial charge on any atom is -0.0649 e. The van der Waals surface area contributed by atoms with Crippen molar-refractivity contribution in [2.24, 2.45) is 22.7 Å². The molecule has 0 aromatic heterocycles. The molecular formula is C14H30. The van der Waals surface area contributed by atoms with Gasteiger partial charge >= 0.3 is 0 Å². The van der Waals surface area contributed by atoms with Gasteiger partial charge in [-0.3, -0.25) is 0 Å². The number of rotatable bonds is 5. The zero-order chi connectivity index (χ0) is 11.6. The van der Waals surface area contributed by atoms with E-state index in [1.165, 1.54) is 12.8 Å². The monoisotopic (exact) mass is 198 g/mol. The van der Waals surface area contributed by atoms with E-state index >= 15 is 0 Å². The summed E-state index contributed by atoms with van der Waals surface area (Å²) < 4.78 is 0.